The average molecular weight is 281 g/mol. The van der Waals surface area contributed by atoms with E-state index in [2.05, 4.69) is 11.4 Å². The Morgan fingerprint density at radius 2 is 2.05 bits per heavy atom. The summed E-state index contributed by atoms with van der Waals surface area (Å²) < 4.78 is 15.2. The Balaban J connectivity index is 2.06. The van der Waals surface area contributed by atoms with Crippen LogP contribution in [0.4, 0.5) is 0 Å². The lowest BCUT2D eigenvalue weighted by molar-refractivity contribution is -0.148. The predicted molar refractivity (Wildman–Crippen MR) is 77.0 cm³/mol. The molecule has 0 aliphatic carbocycles. The highest BCUT2D eigenvalue weighted by atomic mass is 16.6. The normalized spacial score (nSPS) is 10.3. The summed E-state index contributed by atoms with van der Waals surface area (Å²) in [6.45, 7) is 4.21. The molecule has 0 saturated heterocycles. The number of nitrogens with one attached hydrogen (secondary N) is 1. The molecule has 0 atom stereocenters. The zero-order chi connectivity index (χ0) is 14.6. The monoisotopic (exact) mass is 281 g/mol. The highest BCUT2D eigenvalue weighted by molar-refractivity contribution is 5.70. The lowest BCUT2D eigenvalue weighted by Gasteiger charge is -2.09. The Morgan fingerprint density at radius 1 is 1.25 bits per heavy atom. The number of hydrogen-bond donors (Lipinski definition) is 1. The number of hydrogen-bond acceptors (Lipinski definition) is 5. The van der Waals surface area contributed by atoms with Gasteiger partial charge in [0.1, 0.15) is 12.4 Å². The molecule has 0 unspecified atom stereocenters. The van der Waals surface area contributed by atoms with Gasteiger partial charge in [-0.2, -0.15) is 0 Å². The van der Waals surface area contributed by atoms with Gasteiger partial charge in [-0.15, -0.1) is 0 Å². The smallest absolute Gasteiger partial charge is 0.332 e. The maximum atomic E-state index is 11.0. The van der Waals surface area contributed by atoms with Crippen molar-refractivity contribution in [3.8, 4) is 5.75 Å². The van der Waals surface area contributed by atoms with E-state index in [0.29, 0.717) is 19.8 Å². The van der Waals surface area contributed by atoms with Gasteiger partial charge in [0, 0.05) is 6.54 Å². The summed E-state index contributed by atoms with van der Waals surface area (Å²) in [6, 6.07) is 7.97. The maximum absolute atomic E-state index is 11.0. The second-order valence-electron chi connectivity index (χ2n) is 4.17. The SMILES string of the molecule is CCOC(=O)COCCNCCc1ccccc1OC. The minimum atomic E-state index is -0.318. The molecule has 20 heavy (non-hydrogen) atoms. The standard InChI is InChI=1S/C15H23NO4/c1-3-20-15(17)12-19-11-10-16-9-8-13-6-4-5-7-14(13)18-2/h4-7,16H,3,8-12H2,1-2H3. The number of carbonyl (C=O) groups is 1. The molecule has 0 amide bonds. The first-order valence-corrected chi connectivity index (χ1v) is 6.84. The first-order valence-electron chi connectivity index (χ1n) is 6.84. The fourth-order valence-electron chi connectivity index (χ4n) is 1.76. The van der Waals surface area contributed by atoms with E-state index in [0.717, 1.165) is 18.7 Å². The van der Waals surface area contributed by atoms with Crippen LogP contribution in [-0.2, 0) is 20.7 Å². The van der Waals surface area contributed by atoms with E-state index in [9.17, 15) is 4.79 Å². The summed E-state index contributed by atoms with van der Waals surface area (Å²) in [4.78, 5) is 11.0. The van der Waals surface area contributed by atoms with Crippen LogP contribution in [0.5, 0.6) is 5.75 Å². The third-order valence-corrected chi connectivity index (χ3v) is 2.71. The van der Waals surface area contributed by atoms with Gasteiger partial charge in [0.25, 0.3) is 0 Å². The van der Waals surface area contributed by atoms with Crippen molar-refractivity contribution in [2.24, 2.45) is 0 Å². The molecular weight excluding hydrogens is 258 g/mol. The van der Waals surface area contributed by atoms with E-state index in [1.54, 1.807) is 14.0 Å². The first kappa shape index (κ1) is 16.5. The number of carbonyl (C=O) groups excluding carboxylic acids is 1. The number of esters is 1. The van der Waals surface area contributed by atoms with E-state index in [-0.39, 0.29) is 12.6 Å². The number of ether oxygens (including phenoxy) is 3. The fraction of sp³-hybridized carbons (Fsp3) is 0.533. The van der Waals surface area contributed by atoms with E-state index in [4.69, 9.17) is 14.2 Å². The second kappa shape index (κ2) is 10.2. The molecule has 1 aromatic carbocycles. The number of methoxy groups -OCH3 is 1. The molecular formula is C15H23NO4. The minimum absolute atomic E-state index is 0.0159. The van der Waals surface area contributed by atoms with Crippen LogP contribution in [0.2, 0.25) is 0 Å². The highest BCUT2D eigenvalue weighted by Crippen LogP contribution is 2.16. The van der Waals surface area contributed by atoms with Gasteiger partial charge in [-0.1, -0.05) is 18.2 Å². The largest absolute Gasteiger partial charge is 0.496 e. The summed E-state index contributed by atoms with van der Waals surface area (Å²) in [5, 5.41) is 3.26. The van der Waals surface area contributed by atoms with Crippen LogP contribution in [0.25, 0.3) is 0 Å². The lowest BCUT2D eigenvalue weighted by Crippen LogP contribution is -2.24. The molecule has 5 heteroatoms. The number of benzene rings is 1. The van der Waals surface area contributed by atoms with Gasteiger partial charge < -0.3 is 19.5 Å². The van der Waals surface area contributed by atoms with E-state index in [1.165, 1.54) is 5.56 Å². The molecule has 0 fully saturated rings. The second-order valence-corrected chi connectivity index (χ2v) is 4.17. The zero-order valence-corrected chi connectivity index (χ0v) is 12.2. The Hall–Kier alpha value is -1.59. The predicted octanol–water partition coefficient (Wildman–Crippen LogP) is 1.41. The Labute approximate surface area is 120 Å². The molecule has 0 bridgehead atoms. The third kappa shape index (κ3) is 6.54. The Bertz CT molecular complexity index is 395. The van der Waals surface area contributed by atoms with Gasteiger partial charge in [0.15, 0.2) is 0 Å². The average Bonchev–Trinajstić information content (AvgIpc) is 2.47. The quantitative estimate of drug-likeness (QED) is 0.519. The molecule has 1 aromatic rings. The Morgan fingerprint density at radius 3 is 2.80 bits per heavy atom. The van der Waals surface area contributed by atoms with Crippen LogP contribution in [0.15, 0.2) is 24.3 Å². The maximum Gasteiger partial charge on any atom is 0.332 e. The molecule has 0 heterocycles. The van der Waals surface area contributed by atoms with Crippen molar-refractivity contribution in [2.75, 3.05) is 40.0 Å². The van der Waals surface area contributed by atoms with Crippen LogP contribution >= 0.6 is 0 Å². The summed E-state index contributed by atoms with van der Waals surface area (Å²) in [7, 11) is 1.68. The summed E-state index contributed by atoms with van der Waals surface area (Å²) in [5.41, 5.74) is 1.18. The summed E-state index contributed by atoms with van der Waals surface area (Å²) in [5.74, 6) is 0.592. The lowest BCUT2D eigenvalue weighted by atomic mass is 10.1. The van der Waals surface area contributed by atoms with Gasteiger partial charge in [-0.3, -0.25) is 0 Å². The van der Waals surface area contributed by atoms with Crippen LogP contribution in [0.1, 0.15) is 12.5 Å². The number of para-hydroxylation sites is 1. The van der Waals surface area contributed by atoms with E-state index in [1.807, 2.05) is 18.2 Å². The van der Waals surface area contributed by atoms with Crippen LogP contribution in [0, 0.1) is 0 Å². The van der Waals surface area contributed by atoms with E-state index < -0.39 is 0 Å². The summed E-state index contributed by atoms with van der Waals surface area (Å²) >= 11 is 0. The molecule has 112 valence electrons. The van der Waals surface area contributed by atoms with Crippen molar-refractivity contribution in [1.29, 1.82) is 0 Å². The molecule has 0 radical (unpaired) electrons. The molecule has 0 aromatic heterocycles. The summed E-state index contributed by atoms with van der Waals surface area (Å²) in [6.07, 6.45) is 0.891. The highest BCUT2D eigenvalue weighted by Gasteiger charge is 2.02. The molecule has 1 N–H and O–H groups in total. The fourth-order valence-corrected chi connectivity index (χ4v) is 1.76. The van der Waals surface area contributed by atoms with Crippen molar-refractivity contribution in [2.45, 2.75) is 13.3 Å². The van der Waals surface area contributed by atoms with Gasteiger partial charge in [-0.25, -0.2) is 4.79 Å². The molecule has 0 aliphatic heterocycles. The van der Waals surface area contributed by atoms with E-state index >= 15 is 0 Å². The molecule has 1 rings (SSSR count). The van der Waals surface area contributed by atoms with Crippen molar-refractivity contribution < 1.29 is 19.0 Å². The molecule has 0 spiro atoms. The van der Waals surface area contributed by atoms with Gasteiger partial charge in [-0.05, 0) is 31.5 Å². The molecule has 5 nitrogen and oxygen atoms in total. The first-order chi connectivity index (χ1) is 9.77. The number of rotatable bonds is 10. The van der Waals surface area contributed by atoms with Crippen molar-refractivity contribution in [3.63, 3.8) is 0 Å². The molecule has 0 aliphatic rings. The molecule has 0 saturated carbocycles. The van der Waals surface area contributed by atoms with Crippen LogP contribution in [-0.4, -0.2) is 46.0 Å². The van der Waals surface area contributed by atoms with Gasteiger partial charge >= 0.3 is 5.97 Å². The van der Waals surface area contributed by atoms with Gasteiger partial charge in [0.05, 0.1) is 20.3 Å². The van der Waals surface area contributed by atoms with Crippen molar-refractivity contribution >= 4 is 5.97 Å². The topological polar surface area (TPSA) is 56.8 Å². The van der Waals surface area contributed by atoms with Crippen LogP contribution in [0.3, 0.4) is 0 Å². The van der Waals surface area contributed by atoms with Gasteiger partial charge in [0.2, 0.25) is 0 Å². The Kier molecular flexibility index (Phi) is 8.42. The van der Waals surface area contributed by atoms with Crippen molar-refractivity contribution in [3.05, 3.63) is 29.8 Å². The minimum Gasteiger partial charge on any atom is -0.496 e. The van der Waals surface area contributed by atoms with Crippen molar-refractivity contribution in [1.82, 2.24) is 5.32 Å². The van der Waals surface area contributed by atoms with Crippen LogP contribution < -0.4 is 10.1 Å². The third-order valence-electron chi connectivity index (χ3n) is 2.71. The zero-order valence-electron chi connectivity index (χ0n) is 12.2.